The highest BCUT2D eigenvalue weighted by molar-refractivity contribution is 7.99. The van der Waals surface area contributed by atoms with Gasteiger partial charge in [-0.3, -0.25) is 9.69 Å². The van der Waals surface area contributed by atoms with E-state index in [2.05, 4.69) is 4.90 Å². The van der Waals surface area contributed by atoms with Gasteiger partial charge in [-0.1, -0.05) is 6.42 Å². The molecule has 96 valence electrons. The van der Waals surface area contributed by atoms with E-state index in [0.29, 0.717) is 17.9 Å². The van der Waals surface area contributed by atoms with Crippen molar-refractivity contribution >= 4 is 17.7 Å². The summed E-state index contributed by atoms with van der Waals surface area (Å²) in [5, 5.41) is 9.51. The van der Waals surface area contributed by atoms with Crippen molar-refractivity contribution in [3.05, 3.63) is 0 Å². The number of carboxylic acid groups (broad SMARTS) is 1. The van der Waals surface area contributed by atoms with E-state index >= 15 is 0 Å². The van der Waals surface area contributed by atoms with Crippen molar-refractivity contribution in [2.75, 3.05) is 18.1 Å². The summed E-state index contributed by atoms with van der Waals surface area (Å²) in [4.78, 5) is 13.9. The van der Waals surface area contributed by atoms with Crippen LogP contribution in [0.4, 0.5) is 0 Å². The molecule has 3 rings (SSSR count). The molecular formula is C13H21NO2S. The van der Waals surface area contributed by atoms with E-state index in [1.807, 2.05) is 11.8 Å². The molecule has 4 heteroatoms. The molecule has 1 saturated carbocycles. The number of rotatable bonds is 2. The summed E-state index contributed by atoms with van der Waals surface area (Å²) in [7, 11) is 0. The number of nitrogens with zero attached hydrogens (tertiary/aromatic N) is 1. The molecule has 0 bridgehead atoms. The van der Waals surface area contributed by atoms with E-state index in [4.69, 9.17) is 0 Å². The Hall–Kier alpha value is -0.220. The fourth-order valence-electron chi connectivity index (χ4n) is 4.02. The highest BCUT2D eigenvalue weighted by Crippen LogP contribution is 2.44. The van der Waals surface area contributed by atoms with Gasteiger partial charge >= 0.3 is 5.97 Å². The van der Waals surface area contributed by atoms with Crippen LogP contribution in [0.5, 0.6) is 0 Å². The third-order valence-electron chi connectivity index (χ3n) is 4.78. The molecule has 2 saturated heterocycles. The number of hydrogen-bond acceptors (Lipinski definition) is 3. The lowest BCUT2D eigenvalue weighted by atomic mass is 9.94. The summed E-state index contributed by atoms with van der Waals surface area (Å²) >= 11 is 2.00. The van der Waals surface area contributed by atoms with Crippen molar-refractivity contribution in [2.24, 2.45) is 11.8 Å². The van der Waals surface area contributed by atoms with Crippen molar-refractivity contribution in [1.29, 1.82) is 0 Å². The van der Waals surface area contributed by atoms with E-state index in [-0.39, 0.29) is 6.04 Å². The second-order valence-corrected chi connectivity index (χ2v) is 6.86. The number of likely N-dealkylation sites (tertiary alicyclic amines) is 1. The Morgan fingerprint density at radius 3 is 2.82 bits per heavy atom. The quantitative estimate of drug-likeness (QED) is 0.820. The van der Waals surface area contributed by atoms with Crippen molar-refractivity contribution in [3.8, 4) is 0 Å². The number of thioether (sulfide) groups is 1. The van der Waals surface area contributed by atoms with Crippen LogP contribution in [0.1, 0.15) is 32.1 Å². The summed E-state index contributed by atoms with van der Waals surface area (Å²) in [6, 6.07) is 0.353. The molecule has 1 aliphatic carbocycles. The number of aliphatic carboxylic acids is 1. The van der Waals surface area contributed by atoms with Gasteiger partial charge in [0.15, 0.2) is 0 Å². The summed E-state index contributed by atoms with van der Waals surface area (Å²) in [5.74, 6) is 2.94. The molecule has 0 spiro atoms. The molecule has 0 amide bonds. The Bertz CT molecular complexity index is 304. The maximum absolute atomic E-state index is 11.5. The van der Waals surface area contributed by atoms with Crippen LogP contribution < -0.4 is 0 Å². The van der Waals surface area contributed by atoms with Crippen LogP contribution in [0.15, 0.2) is 0 Å². The zero-order valence-electron chi connectivity index (χ0n) is 10.2. The molecule has 17 heavy (non-hydrogen) atoms. The van der Waals surface area contributed by atoms with Gasteiger partial charge in [-0.15, -0.1) is 0 Å². The van der Waals surface area contributed by atoms with Gasteiger partial charge in [-0.2, -0.15) is 11.8 Å². The topological polar surface area (TPSA) is 40.5 Å². The maximum atomic E-state index is 11.5. The van der Waals surface area contributed by atoms with Crippen molar-refractivity contribution in [1.82, 2.24) is 4.90 Å². The molecule has 0 aromatic rings. The highest BCUT2D eigenvalue weighted by Gasteiger charge is 2.49. The zero-order valence-corrected chi connectivity index (χ0v) is 11.0. The summed E-state index contributed by atoms with van der Waals surface area (Å²) in [6.07, 6.45) is 6.10. The van der Waals surface area contributed by atoms with Gasteiger partial charge in [0.05, 0.1) is 0 Å². The monoisotopic (exact) mass is 255 g/mol. The highest BCUT2D eigenvalue weighted by atomic mass is 32.2. The molecule has 4 atom stereocenters. The Kier molecular flexibility index (Phi) is 3.35. The molecular weight excluding hydrogens is 234 g/mol. The molecule has 0 radical (unpaired) electrons. The molecule has 0 aromatic carbocycles. The first-order chi connectivity index (χ1) is 8.27. The van der Waals surface area contributed by atoms with Gasteiger partial charge < -0.3 is 5.11 Å². The summed E-state index contributed by atoms with van der Waals surface area (Å²) < 4.78 is 0. The Balaban J connectivity index is 1.76. The number of carbonyl (C=O) groups is 1. The number of fused-ring (bicyclic) bond motifs is 1. The minimum absolute atomic E-state index is 0.175. The van der Waals surface area contributed by atoms with E-state index in [9.17, 15) is 9.90 Å². The van der Waals surface area contributed by atoms with E-state index in [1.54, 1.807) is 0 Å². The molecule has 4 unspecified atom stereocenters. The first kappa shape index (κ1) is 11.8. The van der Waals surface area contributed by atoms with Crippen LogP contribution >= 0.6 is 11.8 Å². The van der Waals surface area contributed by atoms with E-state index < -0.39 is 5.97 Å². The van der Waals surface area contributed by atoms with Crippen molar-refractivity contribution < 1.29 is 9.90 Å². The largest absolute Gasteiger partial charge is 0.480 e. The Morgan fingerprint density at radius 1 is 1.24 bits per heavy atom. The average Bonchev–Trinajstić information content (AvgIpc) is 2.88. The van der Waals surface area contributed by atoms with Crippen LogP contribution in [0.3, 0.4) is 0 Å². The fraction of sp³-hybridized carbons (Fsp3) is 0.923. The lowest BCUT2D eigenvalue weighted by Crippen LogP contribution is -2.47. The molecule has 3 nitrogen and oxygen atoms in total. The normalized spacial score (nSPS) is 42.6. The predicted octanol–water partition coefficient (Wildman–Crippen LogP) is 2.07. The third kappa shape index (κ3) is 2.10. The minimum Gasteiger partial charge on any atom is -0.480 e. The van der Waals surface area contributed by atoms with Gasteiger partial charge in [-0.05, 0) is 43.3 Å². The SMILES string of the molecule is O=C(O)C1C2CCCC2CN1C1CCCSC1. The number of hydrogen-bond donors (Lipinski definition) is 1. The molecule has 0 aromatic heterocycles. The average molecular weight is 255 g/mol. The molecule has 2 aliphatic heterocycles. The maximum Gasteiger partial charge on any atom is 0.321 e. The van der Waals surface area contributed by atoms with Gasteiger partial charge in [-0.25, -0.2) is 0 Å². The van der Waals surface area contributed by atoms with Crippen molar-refractivity contribution in [3.63, 3.8) is 0 Å². The third-order valence-corrected chi connectivity index (χ3v) is 5.98. The van der Waals surface area contributed by atoms with Gasteiger partial charge in [0.2, 0.25) is 0 Å². The number of carboxylic acids is 1. The Morgan fingerprint density at radius 2 is 2.12 bits per heavy atom. The van der Waals surface area contributed by atoms with Gasteiger partial charge in [0.1, 0.15) is 6.04 Å². The van der Waals surface area contributed by atoms with Crippen molar-refractivity contribution in [2.45, 2.75) is 44.2 Å². The van der Waals surface area contributed by atoms with E-state index in [1.165, 1.54) is 31.4 Å². The van der Waals surface area contributed by atoms with Gasteiger partial charge in [0, 0.05) is 18.3 Å². The summed E-state index contributed by atoms with van der Waals surface area (Å²) in [5.41, 5.74) is 0. The zero-order chi connectivity index (χ0) is 11.8. The molecule has 1 N–H and O–H groups in total. The second-order valence-electron chi connectivity index (χ2n) is 5.71. The first-order valence-corrected chi connectivity index (χ1v) is 7.99. The van der Waals surface area contributed by atoms with Crippen LogP contribution in [-0.4, -0.2) is 46.1 Å². The fourth-order valence-corrected chi connectivity index (χ4v) is 5.19. The van der Waals surface area contributed by atoms with E-state index in [0.717, 1.165) is 18.7 Å². The van der Waals surface area contributed by atoms with Crippen LogP contribution in [0.25, 0.3) is 0 Å². The molecule has 3 aliphatic rings. The smallest absolute Gasteiger partial charge is 0.321 e. The first-order valence-electron chi connectivity index (χ1n) is 6.83. The lowest BCUT2D eigenvalue weighted by Gasteiger charge is -2.34. The lowest BCUT2D eigenvalue weighted by molar-refractivity contribution is -0.144. The standard InChI is InChI=1S/C13H21NO2S/c15-13(16)12-11-5-1-3-9(11)7-14(12)10-4-2-6-17-8-10/h9-12H,1-8H2,(H,15,16). The van der Waals surface area contributed by atoms with Crippen LogP contribution in [-0.2, 0) is 4.79 Å². The molecule has 2 heterocycles. The predicted molar refractivity (Wildman–Crippen MR) is 69.3 cm³/mol. The Labute approximate surface area is 107 Å². The molecule has 3 fully saturated rings. The van der Waals surface area contributed by atoms with Gasteiger partial charge in [0.25, 0.3) is 0 Å². The van der Waals surface area contributed by atoms with Crippen LogP contribution in [0, 0.1) is 11.8 Å². The summed E-state index contributed by atoms with van der Waals surface area (Å²) in [6.45, 7) is 1.05. The minimum atomic E-state index is -0.574. The second kappa shape index (κ2) is 4.81. The van der Waals surface area contributed by atoms with Crippen LogP contribution in [0.2, 0.25) is 0 Å².